The Kier molecular flexibility index (Phi) is 8.08. The summed E-state index contributed by atoms with van der Waals surface area (Å²) in [4.78, 5) is 16.3. The molecule has 1 N–H and O–H groups in total. The lowest BCUT2D eigenvalue weighted by Gasteiger charge is -2.25. The molecule has 0 spiro atoms. The number of carbonyl (C=O) groups excluding carboxylic acids is 1. The zero-order valence-electron chi connectivity index (χ0n) is 20.6. The fraction of sp³-hybridized carbons (Fsp3) is 0.444. The Bertz CT molecular complexity index is 1120. The highest BCUT2D eigenvalue weighted by atomic mass is 32.2. The number of hydrogen-bond acceptors (Lipinski definition) is 8. The van der Waals surface area contributed by atoms with Crippen LogP contribution in [-0.4, -0.2) is 71.6 Å². The van der Waals surface area contributed by atoms with Crippen molar-refractivity contribution in [3.8, 4) is 17.2 Å². The summed E-state index contributed by atoms with van der Waals surface area (Å²) in [5.74, 6) is 3.65. The zero-order valence-corrected chi connectivity index (χ0v) is 21.5. The van der Waals surface area contributed by atoms with Gasteiger partial charge in [-0.25, -0.2) is 0 Å². The lowest BCUT2D eigenvalue weighted by molar-refractivity contribution is -0.119. The van der Waals surface area contributed by atoms with Crippen molar-refractivity contribution in [1.29, 1.82) is 0 Å². The predicted molar refractivity (Wildman–Crippen MR) is 142 cm³/mol. The van der Waals surface area contributed by atoms with Crippen LogP contribution in [0.25, 0.3) is 11.5 Å². The number of ether oxygens (including phenoxy) is 1. The van der Waals surface area contributed by atoms with E-state index in [0.717, 1.165) is 56.1 Å². The van der Waals surface area contributed by atoms with E-state index in [9.17, 15) is 4.79 Å². The van der Waals surface area contributed by atoms with E-state index >= 15 is 0 Å². The molecule has 8 nitrogen and oxygen atoms in total. The van der Waals surface area contributed by atoms with Gasteiger partial charge in [-0.3, -0.25) is 9.69 Å². The van der Waals surface area contributed by atoms with Crippen LogP contribution in [0.5, 0.6) is 5.75 Å². The summed E-state index contributed by atoms with van der Waals surface area (Å²) in [6.07, 6.45) is 2.19. The van der Waals surface area contributed by atoms with Gasteiger partial charge in [0.2, 0.25) is 17.7 Å². The summed E-state index contributed by atoms with van der Waals surface area (Å²) in [5, 5.41) is 11.5. The van der Waals surface area contributed by atoms with E-state index in [1.54, 1.807) is 18.7 Å². The fourth-order valence-electron chi connectivity index (χ4n) is 4.94. The number of para-hydroxylation sites is 1. The molecule has 5 rings (SSSR count). The van der Waals surface area contributed by atoms with Crippen LogP contribution in [0.4, 0.5) is 5.69 Å². The molecule has 3 heterocycles. The SMILES string of the molecule is CC(=O)NC1CCN(C2CCN(c3ccc(-c4nnc(CSCCOc5ccccc5)o4)cc3)C2)C1. The maximum Gasteiger partial charge on any atom is 0.247 e. The third-order valence-electron chi connectivity index (χ3n) is 6.72. The molecule has 2 aromatic carbocycles. The Morgan fingerprint density at radius 1 is 1.08 bits per heavy atom. The number of carbonyl (C=O) groups is 1. The summed E-state index contributed by atoms with van der Waals surface area (Å²) >= 11 is 1.71. The molecule has 2 unspecified atom stereocenters. The quantitative estimate of drug-likeness (QED) is 0.415. The summed E-state index contributed by atoms with van der Waals surface area (Å²) in [6, 6.07) is 19.1. The summed E-state index contributed by atoms with van der Waals surface area (Å²) in [6.45, 7) is 6.31. The Hall–Kier alpha value is -3.04. The number of hydrogen-bond donors (Lipinski definition) is 1. The van der Waals surface area contributed by atoms with Gasteiger partial charge in [-0.15, -0.1) is 22.0 Å². The first kappa shape index (κ1) is 24.6. The first-order valence-corrected chi connectivity index (χ1v) is 13.7. The Balaban J connectivity index is 1.07. The van der Waals surface area contributed by atoms with Gasteiger partial charge in [0.15, 0.2) is 0 Å². The highest BCUT2D eigenvalue weighted by Crippen LogP contribution is 2.28. The van der Waals surface area contributed by atoms with Gasteiger partial charge in [-0.05, 0) is 49.2 Å². The third-order valence-corrected chi connectivity index (χ3v) is 7.62. The molecule has 36 heavy (non-hydrogen) atoms. The molecule has 2 fully saturated rings. The maximum absolute atomic E-state index is 11.4. The van der Waals surface area contributed by atoms with Crippen molar-refractivity contribution < 1.29 is 13.9 Å². The molecule has 3 aromatic rings. The molecular formula is C27H33N5O3S. The molecule has 0 aliphatic carbocycles. The third kappa shape index (κ3) is 6.39. The molecule has 2 aliphatic heterocycles. The number of benzene rings is 2. The van der Waals surface area contributed by atoms with Crippen molar-refractivity contribution in [3.05, 3.63) is 60.5 Å². The molecule has 1 aromatic heterocycles. The van der Waals surface area contributed by atoms with Crippen LogP contribution in [0.3, 0.4) is 0 Å². The van der Waals surface area contributed by atoms with Crippen molar-refractivity contribution in [2.45, 2.75) is 37.6 Å². The number of anilines is 1. The highest BCUT2D eigenvalue weighted by molar-refractivity contribution is 7.98. The van der Waals surface area contributed by atoms with E-state index in [-0.39, 0.29) is 11.9 Å². The predicted octanol–water partition coefficient (Wildman–Crippen LogP) is 3.84. The smallest absolute Gasteiger partial charge is 0.247 e. The molecule has 2 atom stereocenters. The van der Waals surface area contributed by atoms with Gasteiger partial charge < -0.3 is 19.4 Å². The van der Waals surface area contributed by atoms with E-state index in [4.69, 9.17) is 9.15 Å². The van der Waals surface area contributed by atoms with Gasteiger partial charge in [-0.1, -0.05) is 18.2 Å². The summed E-state index contributed by atoms with van der Waals surface area (Å²) in [7, 11) is 0. The van der Waals surface area contributed by atoms with Gasteiger partial charge in [0, 0.05) is 62.2 Å². The lowest BCUT2D eigenvalue weighted by atomic mass is 10.2. The zero-order chi connectivity index (χ0) is 24.7. The first-order chi connectivity index (χ1) is 17.6. The number of rotatable bonds is 10. The van der Waals surface area contributed by atoms with E-state index in [2.05, 4.69) is 49.6 Å². The summed E-state index contributed by atoms with van der Waals surface area (Å²) in [5.41, 5.74) is 2.15. The molecule has 2 aliphatic rings. The second kappa shape index (κ2) is 11.8. The number of nitrogens with zero attached hydrogens (tertiary/aromatic N) is 4. The number of likely N-dealkylation sites (tertiary alicyclic amines) is 1. The minimum Gasteiger partial charge on any atom is -0.493 e. The molecule has 1 amide bonds. The van der Waals surface area contributed by atoms with E-state index < -0.39 is 0 Å². The normalized spacial score (nSPS) is 20.1. The standard InChI is InChI=1S/C27H33N5O3S/c1-20(33)28-22-11-13-31(17-22)24-12-14-32(18-24)23-9-7-21(8-10-23)27-30-29-26(35-27)19-36-16-15-34-25-5-3-2-4-6-25/h2-10,22,24H,11-19H2,1H3,(H,28,33). The monoisotopic (exact) mass is 507 g/mol. The number of nitrogens with one attached hydrogen (secondary N) is 1. The van der Waals surface area contributed by atoms with Crippen molar-refractivity contribution in [1.82, 2.24) is 20.4 Å². The Morgan fingerprint density at radius 2 is 1.92 bits per heavy atom. The fourth-order valence-corrected chi connectivity index (χ4v) is 5.57. The van der Waals surface area contributed by atoms with Crippen LogP contribution in [0.15, 0.2) is 59.0 Å². The highest BCUT2D eigenvalue weighted by Gasteiger charge is 2.33. The minimum atomic E-state index is 0.0653. The van der Waals surface area contributed by atoms with E-state index in [1.807, 2.05) is 30.3 Å². The molecule has 0 radical (unpaired) electrons. The van der Waals surface area contributed by atoms with Crippen molar-refractivity contribution >= 4 is 23.4 Å². The molecule has 2 saturated heterocycles. The number of thioether (sulfide) groups is 1. The van der Waals surface area contributed by atoms with Crippen LogP contribution in [0, 0.1) is 0 Å². The van der Waals surface area contributed by atoms with Crippen LogP contribution in [-0.2, 0) is 10.5 Å². The van der Waals surface area contributed by atoms with Crippen LogP contribution in [0.2, 0.25) is 0 Å². The Morgan fingerprint density at radius 3 is 2.72 bits per heavy atom. The van der Waals surface area contributed by atoms with Crippen LogP contribution >= 0.6 is 11.8 Å². The largest absolute Gasteiger partial charge is 0.493 e. The van der Waals surface area contributed by atoms with Crippen molar-refractivity contribution in [3.63, 3.8) is 0 Å². The van der Waals surface area contributed by atoms with Crippen molar-refractivity contribution in [2.24, 2.45) is 0 Å². The van der Waals surface area contributed by atoms with Gasteiger partial charge >= 0.3 is 0 Å². The van der Waals surface area contributed by atoms with Gasteiger partial charge in [0.1, 0.15) is 5.75 Å². The maximum atomic E-state index is 11.4. The molecule has 0 bridgehead atoms. The molecule has 0 saturated carbocycles. The van der Waals surface area contributed by atoms with Crippen molar-refractivity contribution in [2.75, 3.05) is 43.4 Å². The number of aromatic nitrogens is 2. The molecule has 190 valence electrons. The first-order valence-electron chi connectivity index (χ1n) is 12.6. The molecular weight excluding hydrogens is 474 g/mol. The average Bonchev–Trinajstić information content (AvgIpc) is 3.65. The van der Waals surface area contributed by atoms with Gasteiger partial charge in [0.05, 0.1) is 12.4 Å². The molecule has 9 heteroatoms. The number of amides is 1. The average molecular weight is 508 g/mol. The Labute approximate surface area is 216 Å². The van der Waals surface area contributed by atoms with Crippen LogP contribution < -0.4 is 15.0 Å². The van der Waals surface area contributed by atoms with E-state index in [0.29, 0.717) is 30.2 Å². The lowest BCUT2D eigenvalue weighted by Crippen LogP contribution is -2.40. The topological polar surface area (TPSA) is 83.7 Å². The minimum absolute atomic E-state index is 0.0653. The second-order valence-corrected chi connectivity index (χ2v) is 10.4. The summed E-state index contributed by atoms with van der Waals surface area (Å²) < 4.78 is 11.6. The van der Waals surface area contributed by atoms with Crippen LogP contribution in [0.1, 0.15) is 25.7 Å². The van der Waals surface area contributed by atoms with E-state index in [1.165, 1.54) is 5.69 Å². The second-order valence-electron chi connectivity index (χ2n) is 9.33. The van der Waals surface area contributed by atoms with Gasteiger partial charge in [0.25, 0.3) is 0 Å². The van der Waals surface area contributed by atoms with Gasteiger partial charge in [-0.2, -0.15) is 0 Å².